The Balaban J connectivity index is 2.17. The number of rotatable bonds is 7. The van der Waals surface area contributed by atoms with E-state index in [2.05, 4.69) is 0 Å². The molecule has 1 aromatic carbocycles. The Morgan fingerprint density at radius 2 is 1.94 bits per heavy atom. The van der Waals surface area contributed by atoms with Gasteiger partial charge >= 0.3 is 5.97 Å². The second kappa shape index (κ2) is 7.81. The number of esters is 1. The van der Waals surface area contributed by atoms with Gasteiger partial charge in [0.2, 0.25) is 0 Å². The average molecular weight is 238 g/mol. The number of carbonyl (C=O) groups is 1. The highest BCUT2D eigenvalue weighted by atomic mass is 16.5. The molecule has 0 saturated carbocycles. The molecule has 1 rings (SSSR count). The summed E-state index contributed by atoms with van der Waals surface area (Å²) in [5.74, 6) is -0.328. The third kappa shape index (κ3) is 6.04. The van der Waals surface area contributed by atoms with E-state index in [1.54, 1.807) is 0 Å². The first-order valence-corrected chi connectivity index (χ1v) is 5.71. The molecule has 4 heteroatoms. The largest absolute Gasteiger partial charge is 0.461 e. The van der Waals surface area contributed by atoms with Crippen molar-refractivity contribution in [2.75, 3.05) is 6.61 Å². The van der Waals surface area contributed by atoms with E-state index in [9.17, 15) is 9.90 Å². The van der Waals surface area contributed by atoms with Crippen LogP contribution in [0.25, 0.3) is 0 Å². The van der Waals surface area contributed by atoms with Gasteiger partial charge in [-0.3, -0.25) is 4.79 Å². The maximum atomic E-state index is 11.3. The normalized spacial score (nSPS) is 12.1. The van der Waals surface area contributed by atoms with Crippen molar-refractivity contribution in [3.8, 4) is 0 Å². The molecule has 0 aliphatic carbocycles. The molecule has 4 nitrogen and oxygen atoms in total. The fraction of sp³-hybridized carbons (Fsp3) is 0.462. The first-order valence-electron chi connectivity index (χ1n) is 5.71. The Labute approximate surface area is 101 Å². The molecule has 0 fully saturated rings. The molecule has 1 atom stereocenters. The predicted molar refractivity (Wildman–Crippen MR) is 63.2 cm³/mol. The third-order valence-electron chi connectivity index (χ3n) is 2.39. The molecule has 0 radical (unpaired) electrons. The van der Waals surface area contributed by atoms with Gasteiger partial charge in [0.1, 0.15) is 6.61 Å². The van der Waals surface area contributed by atoms with Crippen molar-refractivity contribution < 1.29 is 19.7 Å². The van der Waals surface area contributed by atoms with Gasteiger partial charge in [0.05, 0.1) is 6.10 Å². The van der Waals surface area contributed by atoms with Gasteiger partial charge in [-0.25, -0.2) is 0 Å². The highest BCUT2D eigenvalue weighted by Crippen LogP contribution is 2.05. The number of carbonyl (C=O) groups excluding carboxylic acids is 1. The SMILES string of the molecule is O=C(CC[C@@H](O)CCO)OCc1ccccc1. The van der Waals surface area contributed by atoms with Gasteiger partial charge in [-0.05, 0) is 18.4 Å². The Bertz CT molecular complexity index is 323. The van der Waals surface area contributed by atoms with E-state index >= 15 is 0 Å². The lowest BCUT2D eigenvalue weighted by Crippen LogP contribution is -2.13. The van der Waals surface area contributed by atoms with Crippen LogP contribution in [0, 0.1) is 0 Å². The lowest BCUT2D eigenvalue weighted by atomic mass is 10.1. The number of hydrogen-bond acceptors (Lipinski definition) is 4. The zero-order valence-electron chi connectivity index (χ0n) is 9.71. The van der Waals surface area contributed by atoms with Crippen molar-refractivity contribution in [1.29, 1.82) is 0 Å². The summed E-state index contributed by atoms with van der Waals surface area (Å²) >= 11 is 0. The third-order valence-corrected chi connectivity index (χ3v) is 2.39. The highest BCUT2D eigenvalue weighted by molar-refractivity contribution is 5.69. The van der Waals surface area contributed by atoms with Crippen LogP contribution in [0.2, 0.25) is 0 Å². The monoisotopic (exact) mass is 238 g/mol. The van der Waals surface area contributed by atoms with Crippen LogP contribution >= 0.6 is 0 Å². The van der Waals surface area contributed by atoms with Crippen LogP contribution < -0.4 is 0 Å². The van der Waals surface area contributed by atoms with Crippen LogP contribution in [0.4, 0.5) is 0 Å². The quantitative estimate of drug-likeness (QED) is 0.702. The van der Waals surface area contributed by atoms with E-state index in [0.717, 1.165) is 5.56 Å². The Hall–Kier alpha value is -1.39. The summed E-state index contributed by atoms with van der Waals surface area (Å²) in [5.41, 5.74) is 0.941. The summed E-state index contributed by atoms with van der Waals surface area (Å²) in [6.45, 7) is 0.190. The van der Waals surface area contributed by atoms with Crippen LogP contribution in [0.3, 0.4) is 0 Å². The van der Waals surface area contributed by atoms with Gasteiger partial charge < -0.3 is 14.9 Å². The van der Waals surface area contributed by atoms with Crippen molar-refractivity contribution in [3.63, 3.8) is 0 Å². The molecule has 0 bridgehead atoms. The number of aliphatic hydroxyl groups is 2. The number of ether oxygens (including phenoxy) is 1. The molecule has 0 spiro atoms. The highest BCUT2D eigenvalue weighted by Gasteiger charge is 2.08. The fourth-order valence-corrected chi connectivity index (χ4v) is 1.39. The van der Waals surface area contributed by atoms with Gasteiger partial charge in [-0.15, -0.1) is 0 Å². The maximum absolute atomic E-state index is 11.3. The Morgan fingerprint density at radius 1 is 1.24 bits per heavy atom. The molecule has 0 aliphatic heterocycles. The van der Waals surface area contributed by atoms with Crippen molar-refractivity contribution in [2.24, 2.45) is 0 Å². The van der Waals surface area contributed by atoms with E-state index in [4.69, 9.17) is 9.84 Å². The van der Waals surface area contributed by atoms with Crippen molar-refractivity contribution in [2.45, 2.75) is 32.0 Å². The smallest absolute Gasteiger partial charge is 0.306 e. The molecule has 17 heavy (non-hydrogen) atoms. The molecule has 0 aromatic heterocycles. The molecule has 0 aliphatic rings. The summed E-state index contributed by atoms with van der Waals surface area (Å²) < 4.78 is 5.04. The number of benzene rings is 1. The van der Waals surface area contributed by atoms with Crippen LogP contribution in [-0.2, 0) is 16.1 Å². The average Bonchev–Trinajstić information content (AvgIpc) is 2.35. The summed E-state index contributed by atoms with van der Waals surface area (Å²) in [6.07, 6.45) is 0.165. The summed E-state index contributed by atoms with van der Waals surface area (Å²) in [7, 11) is 0. The summed E-state index contributed by atoms with van der Waals surface area (Å²) in [4.78, 5) is 11.3. The van der Waals surface area contributed by atoms with E-state index in [-0.39, 0.29) is 25.6 Å². The Kier molecular flexibility index (Phi) is 6.29. The Morgan fingerprint density at radius 3 is 2.59 bits per heavy atom. The summed E-state index contributed by atoms with van der Waals surface area (Å²) in [5, 5.41) is 17.9. The minimum absolute atomic E-state index is 0.0692. The second-order valence-corrected chi connectivity index (χ2v) is 3.85. The van der Waals surface area contributed by atoms with E-state index < -0.39 is 6.10 Å². The topological polar surface area (TPSA) is 66.8 Å². The van der Waals surface area contributed by atoms with Crippen LogP contribution in [-0.4, -0.2) is 28.9 Å². The molecular formula is C13H18O4. The first kappa shape index (κ1) is 13.7. The van der Waals surface area contributed by atoms with Gasteiger partial charge in [0, 0.05) is 13.0 Å². The number of hydrogen-bond donors (Lipinski definition) is 2. The minimum Gasteiger partial charge on any atom is -0.461 e. The number of aliphatic hydroxyl groups excluding tert-OH is 2. The van der Waals surface area contributed by atoms with Gasteiger partial charge in [-0.2, -0.15) is 0 Å². The van der Waals surface area contributed by atoms with Crippen LogP contribution in [0.1, 0.15) is 24.8 Å². The zero-order valence-corrected chi connectivity index (χ0v) is 9.71. The molecule has 0 unspecified atom stereocenters. The summed E-state index contributed by atoms with van der Waals surface area (Å²) in [6, 6.07) is 9.43. The first-order chi connectivity index (χ1) is 8.22. The maximum Gasteiger partial charge on any atom is 0.306 e. The lowest BCUT2D eigenvalue weighted by molar-refractivity contribution is -0.145. The van der Waals surface area contributed by atoms with Crippen molar-refractivity contribution >= 4 is 5.97 Å². The van der Waals surface area contributed by atoms with E-state index in [1.807, 2.05) is 30.3 Å². The molecular weight excluding hydrogens is 220 g/mol. The van der Waals surface area contributed by atoms with E-state index in [1.165, 1.54) is 0 Å². The second-order valence-electron chi connectivity index (χ2n) is 3.85. The van der Waals surface area contributed by atoms with Crippen molar-refractivity contribution in [3.05, 3.63) is 35.9 Å². The van der Waals surface area contributed by atoms with Gasteiger partial charge in [-0.1, -0.05) is 30.3 Å². The van der Waals surface area contributed by atoms with Crippen molar-refractivity contribution in [1.82, 2.24) is 0 Å². The molecule has 1 aromatic rings. The molecule has 0 saturated heterocycles. The van der Waals surface area contributed by atoms with E-state index in [0.29, 0.717) is 12.8 Å². The van der Waals surface area contributed by atoms with Gasteiger partial charge in [0.25, 0.3) is 0 Å². The molecule has 0 amide bonds. The lowest BCUT2D eigenvalue weighted by Gasteiger charge is -2.08. The predicted octanol–water partition coefficient (Wildman–Crippen LogP) is 1.25. The molecule has 0 heterocycles. The molecule has 2 N–H and O–H groups in total. The van der Waals surface area contributed by atoms with Gasteiger partial charge in [0.15, 0.2) is 0 Å². The van der Waals surface area contributed by atoms with Crippen LogP contribution in [0.5, 0.6) is 0 Å². The molecule has 94 valence electrons. The standard InChI is InChI=1S/C13H18O4/c14-9-8-12(15)6-7-13(16)17-10-11-4-2-1-3-5-11/h1-5,12,14-15H,6-10H2/t12-/m1/s1. The zero-order chi connectivity index (χ0) is 12.5. The van der Waals surface area contributed by atoms with Crippen LogP contribution in [0.15, 0.2) is 30.3 Å². The fourth-order valence-electron chi connectivity index (χ4n) is 1.39. The minimum atomic E-state index is -0.635.